The van der Waals surface area contributed by atoms with E-state index in [1.807, 2.05) is 42.5 Å². The van der Waals surface area contributed by atoms with Crippen LogP contribution in [-0.4, -0.2) is 43.5 Å². The molecule has 168 valence electrons. The van der Waals surface area contributed by atoms with E-state index in [0.29, 0.717) is 5.75 Å². The predicted molar refractivity (Wildman–Crippen MR) is 125 cm³/mol. The summed E-state index contributed by atoms with van der Waals surface area (Å²) in [5.41, 5.74) is 2.06. The van der Waals surface area contributed by atoms with E-state index in [2.05, 4.69) is 42.0 Å². The molecule has 2 aromatic rings. The average molecular weight is 491 g/mol. The van der Waals surface area contributed by atoms with Gasteiger partial charge in [0.25, 0.3) is 5.91 Å². The van der Waals surface area contributed by atoms with Gasteiger partial charge in [0.05, 0.1) is 11.6 Å². The van der Waals surface area contributed by atoms with Crippen molar-refractivity contribution in [2.45, 2.75) is 45.7 Å². The molecular formula is C24H31BrN2O4. The van der Waals surface area contributed by atoms with Crippen molar-refractivity contribution < 1.29 is 19.1 Å². The molecule has 2 amide bonds. The van der Waals surface area contributed by atoms with E-state index >= 15 is 0 Å². The Morgan fingerprint density at radius 2 is 1.77 bits per heavy atom. The molecule has 2 rings (SSSR count). The van der Waals surface area contributed by atoms with Gasteiger partial charge in [-0.3, -0.25) is 9.59 Å². The third-order valence-electron chi connectivity index (χ3n) is 5.07. The molecule has 0 spiro atoms. The summed E-state index contributed by atoms with van der Waals surface area (Å²) >= 11 is 3.53. The number of carbonyl (C=O) groups is 2. The second kappa shape index (κ2) is 10.7. The standard InChI is InChI=1S/C24H31BrN2O4/c1-16(23(29)26-5)27(14-17-7-10-19(30-6)11-8-17)22(28)15-31-21-12-9-18(13-20(21)25)24(2,3)4/h7-13,16H,14-15H2,1-6H3,(H,26,29)/t16-/m0/s1. The number of likely N-dealkylation sites (N-methyl/N-ethyl adjacent to an activating group) is 1. The molecule has 0 aliphatic heterocycles. The van der Waals surface area contributed by atoms with E-state index in [-0.39, 0.29) is 30.4 Å². The lowest BCUT2D eigenvalue weighted by atomic mass is 9.87. The molecule has 31 heavy (non-hydrogen) atoms. The van der Waals surface area contributed by atoms with Crippen LogP contribution in [0.4, 0.5) is 0 Å². The SMILES string of the molecule is CNC(=O)[C@H](C)N(Cc1ccc(OC)cc1)C(=O)COc1ccc(C(C)(C)C)cc1Br. The summed E-state index contributed by atoms with van der Waals surface area (Å²) in [7, 11) is 3.15. The van der Waals surface area contributed by atoms with Crippen molar-refractivity contribution in [2.24, 2.45) is 0 Å². The molecule has 0 aliphatic rings. The molecule has 0 saturated heterocycles. The maximum atomic E-state index is 13.0. The lowest BCUT2D eigenvalue weighted by Gasteiger charge is -2.28. The van der Waals surface area contributed by atoms with E-state index in [1.54, 1.807) is 21.1 Å². The van der Waals surface area contributed by atoms with Crippen molar-refractivity contribution in [3.63, 3.8) is 0 Å². The van der Waals surface area contributed by atoms with Crippen LogP contribution in [0, 0.1) is 0 Å². The summed E-state index contributed by atoms with van der Waals surface area (Å²) in [5.74, 6) is 0.794. The van der Waals surface area contributed by atoms with Crippen molar-refractivity contribution in [1.29, 1.82) is 0 Å². The largest absolute Gasteiger partial charge is 0.497 e. The van der Waals surface area contributed by atoms with Gasteiger partial charge in [0.2, 0.25) is 5.91 Å². The van der Waals surface area contributed by atoms with Crippen molar-refractivity contribution in [3.05, 3.63) is 58.1 Å². The van der Waals surface area contributed by atoms with Crippen LogP contribution in [0.5, 0.6) is 11.5 Å². The summed E-state index contributed by atoms with van der Waals surface area (Å²) in [6.45, 7) is 8.21. The fraction of sp³-hybridized carbons (Fsp3) is 0.417. The Hall–Kier alpha value is -2.54. The summed E-state index contributed by atoms with van der Waals surface area (Å²) < 4.78 is 11.8. The molecule has 1 atom stereocenters. The van der Waals surface area contributed by atoms with Gasteiger partial charge in [-0.1, -0.05) is 39.0 Å². The smallest absolute Gasteiger partial charge is 0.261 e. The first-order valence-electron chi connectivity index (χ1n) is 10.1. The van der Waals surface area contributed by atoms with Gasteiger partial charge < -0.3 is 19.7 Å². The molecule has 0 aliphatic carbocycles. The first-order valence-corrected chi connectivity index (χ1v) is 10.9. The minimum Gasteiger partial charge on any atom is -0.497 e. The number of nitrogens with zero attached hydrogens (tertiary/aromatic N) is 1. The van der Waals surface area contributed by atoms with Crippen LogP contribution in [0.1, 0.15) is 38.8 Å². The number of hydrogen-bond acceptors (Lipinski definition) is 4. The number of methoxy groups -OCH3 is 1. The number of nitrogens with one attached hydrogen (secondary N) is 1. The van der Waals surface area contributed by atoms with Crippen molar-refractivity contribution in [3.8, 4) is 11.5 Å². The molecule has 6 nitrogen and oxygen atoms in total. The monoisotopic (exact) mass is 490 g/mol. The highest BCUT2D eigenvalue weighted by atomic mass is 79.9. The van der Waals surface area contributed by atoms with Crippen LogP contribution >= 0.6 is 15.9 Å². The third kappa shape index (κ3) is 6.72. The molecule has 0 aromatic heterocycles. The van der Waals surface area contributed by atoms with Crippen LogP contribution in [0.2, 0.25) is 0 Å². The third-order valence-corrected chi connectivity index (χ3v) is 5.69. The molecule has 7 heteroatoms. The molecule has 0 radical (unpaired) electrons. The minimum atomic E-state index is -0.644. The zero-order valence-corrected chi connectivity index (χ0v) is 20.6. The van der Waals surface area contributed by atoms with Crippen molar-refractivity contribution in [2.75, 3.05) is 20.8 Å². The first-order chi connectivity index (χ1) is 14.6. The Labute approximate surface area is 193 Å². The van der Waals surface area contributed by atoms with Gasteiger partial charge in [0.15, 0.2) is 6.61 Å². The van der Waals surface area contributed by atoms with Crippen LogP contribution in [0.3, 0.4) is 0 Å². The zero-order chi connectivity index (χ0) is 23.2. The summed E-state index contributed by atoms with van der Waals surface area (Å²) in [5, 5.41) is 2.61. The highest BCUT2D eigenvalue weighted by Crippen LogP contribution is 2.31. The average Bonchev–Trinajstić information content (AvgIpc) is 2.75. The minimum absolute atomic E-state index is 0.00891. The lowest BCUT2D eigenvalue weighted by molar-refractivity contribution is -0.142. The first kappa shape index (κ1) is 24.7. The molecule has 0 unspecified atom stereocenters. The summed E-state index contributed by atoms with van der Waals surface area (Å²) in [6.07, 6.45) is 0. The fourth-order valence-electron chi connectivity index (χ4n) is 3.03. The van der Waals surface area contributed by atoms with Crippen LogP contribution < -0.4 is 14.8 Å². The Morgan fingerprint density at radius 3 is 2.29 bits per heavy atom. The number of rotatable bonds is 8. The quantitative estimate of drug-likeness (QED) is 0.598. The summed E-state index contributed by atoms with van der Waals surface area (Å²) in [6, 6.07) is 12.6. The maximum Gasteiger partial charge on any atom is 0.261 e. The van der Waals surface area contributed by atoms with Gasteiger partial charge >= 0.3 is 0 Å². The zero-order valence-electron chi connectivity index (χ0n) is 19.0. The van der Waals surface area contributed by atoms with Crippen LogP contribution in [0.15, 0.2) is 46.9 Å². The Kier molecular flexibility index (Phi) is 8.51. The highest BCUT2D eigenvalue weighted by Gasteiger charge is 2.26. The van der Waals surface area contributed by atoms with Gasteiger partial charge in [0, 0.05) is 13.6 Å². The van der Waals surface area contributed by atoms with Gasteiger partial charge in [-0.15, -0.1) is 0 Å². The van der Waals surface area contributed by atoms with Gasteiger partial charge in [-0.2, -0.15) is 0 Å². The van der Waals surface area contributed by atoms with E-state index in [9.17, 15) is 9.59 Å². The Morgan fingerprint density at radius 1 is 1.13 bits per heavy atom. The van der Waals surface area contributed by atoms with Gasteiger partial charge in [0.1, 0.15) is 17.5 Å². The molecule has 0 saturated carbocycles. The normalized spacial score (nSPS) is 12.1. The number of ether oxygens (including phenoxy) is 2. The number of amides is 2. The fourth-order valence-corrected chi connectivity index (χ4v) is 3.52. The van der Waals surface area contributed by atoms with Crippen LogP contribution in [0.25, 0.3) is 0 Å². The molecule has 0 fully saturated rings. The van der Waals surface area contributed by atoms with E-state index in [4.69, 9.17) is 9.47 Å². The molecule has 0 heterocycles. The van der Waals surface area contributed by atoms with Gasteiger partial charge in [-0.05, 0) is 63.7 Å². The maximum absolute atomic E-state index is 13.0. The lowest BCUT2D eigenvalue weighted by Crippen LogP contribution is -2.48. The Bertz CT molecular complexity index is 907. The molecule has 1 N–H and O–H groups in total. The molecule has 0 bridgehead atoms. The second-order valence-corrected chi connectivity index (χ2v) is 9.20. The van der Waals surface area contributed by atoms with Crippen molar-refractivity contribution in [1.82, 2.24) is 10.2 Å². The Balaban J connectivity index is 2.16. The summed E-state index contributed by atoms with van der Waals surface area (Å²) in [4.78, 5) is 26.8. The molecule has 2 aromatic carbocycles. The van der Waals surface area contributed by atoms with Gasteiger partial charge in [-0.25, -0.2) is 0 Å². The van der Waals surface area contributed by atoms with E-state index in [1.165, 1.54) is 4.90 Å². The number of hydrogen-bond donors (Lipinski definition) is 1. The number of carbonyl (C=O) groups excluding carboxylic acids is 2. The molecular weight excluding hydrogens is 460 g/mol. The van der Waals surface area contributed by atoms with Crippen LogP contribution in [-0.2, 0) is 21.5 Å². The van der Waals surface area contributed by atoms with Crippen molar-refractivity contribution >= 4 is 27.7 Å². The topological polar surface area (TPSA) is 67.9 Å². The van der Waals surface area contributed by atoms with E-state index in [0.717, 1.165) is 21.3 Å². The highest BCUT2D eigenvalue weighted by molar-refractivity contribution is 9.10. The predicted octanol–water partition coefficient (Wildman–Crippen LogP) is 4.30. The number of halogens is 1. The van der Waals surface area contributed by atoms with E-state index < -0.39 is 6.04 Å². The number of benzene rings is 2. The second-order valence-electron chi connectivity index (χ2n) is 8.34.